The highest BCUT2D eigenvalue weighted by Gasteiger charge is 2.34. The topological polar surface area (TPSA) is 26.0 Å². The van der Waals surface area contributed by atoms with Gasteiger partial charge in [-0.2, -0.15) is 0 Å². The molecule has 0 bridgehead atoms. The summed E-state index contributed by atoms with van der Waals surface area (Å²) < 4.78 is 0. The van der Waals surface area contributed by atoms with Gasteiger partial charge in [0.25, 0.3) is 0 Å². The van der Waals surface area contributed by atoms with Crippen molar-refractivity contribution >= 4 is 23.2 Å². The summed E-state index contributed by atoms with van der Waals surface area (Å²) in [7, 11) is 0. The molecule has 1 aliphatic carbocycles. The van der Waals surface area contributed by atoms with E-state index in [-0.39, 0.29) is 5.54 Å². The van der Waals surface area contributed by atoms with Gasteiger partial charge in [0.15, 0.2) is 0 Å². The van der Waals surface area contributed by atoms with Gasteiger partial charge in [-0.3, -0.25) is 0 Å². The first-order chi connectivity index (χ1) is 8.42. The van der Waals surface area contributed by atoms with Crippen molar-refractivity contribution in [3.8, 4) is 0 Å². The van der Waals surface area contributed by atoms with E-state index >= 15 is 0 Å². The molecule has 2 rings (SSSR count). The Balaban J connectivity index is 2.15. The maximum atomic E-state index is 6.56. The lowest BCUT2D eigenvalue weighted by Gasteiger charge is -2.39. The van der Waals surface area contributed by atoms with Crippen molar-refractivity contribution in [2.75, 3.05) is 0 Å². The van der Waals surface area contributed by atoms with Gasteiger partial charge in [-0.05, 0) is 55.2 Å². The van der Waals surface area contributed by atoms with E-state index in [1.54, 1.807) is 0 Å². The Morgan fingerprint density at radius 3 is 2.28 bits per heavy atom. The standard InChI is InChI=1S/C15H21Cl2N/c1-10(2)11-5-7-15(18,8-6-11)12-3-4-13(16)14(17)9-12/h3-4,9-11H,5-8,18H2,1-2H3. The van der Waals surface area contributed by atoms with Crippen LogP contribution in [-0.4, -0.2) is 0 Å². The fourth-order valence-electron chi connectivity index (χ4n) is 2.92. The molecule has 1 saturated carbocycles. The van der Waals surface area contributed by atoms with Crippen LogP contribution in [-0.2, 0) is 5.54 Å². The van der Waals surface area contributed by atoms with Crippen molar-refractivity contribution in [3.05, 3.63) is 33.8 Å². The molecular weight excluding hydrogens is 265 g/mol. The number of rotatable bonds is 2. The summed E-state index contributed by atoms with van der Waals surface area (Å²) in [4.78, 5) is 0. The van der Waals surface area contributed by atoms with E-state index in [4.69, 9.17) is 28.9 Å². The summed E-state index contributed by atoms with van der Waals surface area (Å²) in [5, 5.41) is 1.20. The Hall–Kier alpha value is -0.240. The van der Waals surface area contributed by atoms with Crippen LogP contribution >= 0.6 is 23.2 Å². The van der Waals surface area contributed by atoms with Crippen molar-refractivity contribution < 1.29 is 0 Å². The first kappa shape index (κ1) is 14.2. The zero-order chi connectivity index (χ0) is 13.3. The molecular formula is C15H21Cl2N. The molecule has 0 unspecified atom stereocenters. The van der Waals surface area contributed by atoms with Crippen LogP contribution in [0.15, 0.2) is 18.2 Å². The van der Waals surface area contributed by atoms with Crippen molar-refractivity contribution in [1.82, 2.24) is 0 Å². The highest BCUT2D eigenvalue weighted by atomic mass is 35.5. The van der Waals surface area contributed by atoms with E-state index in [0.717, 1.165) is 30.2 Å². The largest absolute Gasteiger partial charge is 0.321 e. The van der Waals surface area contributed by atoms with Crippen LogP contribution in [0.5, 0.6) is 0 Å². The van der Waals surface area contributed by atoms with Gasteiger partial charge in [0.05, 0.1) is 10.0 Å². The predicted molar refractivity (Wildman–Crippen MR) is 79.1 cm³/mol. The van der Waals surface area contributed by atoms with Gasteiger partial charge in [-0.15, -0.1) is 0 Å². The molecule has 1 fully saturated rings. The second-order valence-corrected chi connectivity index (χ2v) is 6.68. The fourth-order valence-corrected chi connectivity index (χ4v) is 3.21. The van der Waals surface area contributed by atoms with Gasteiger partial charge in [-0.1, -0.05) is 43.1 Å². The van der Waals surface area contributed by atoms with E-state index in [9.17, 15) is 0 Å². The van der Waals surface area contributed by atoms with Gasteiger partial charge in [-0.25, -0.2) is 0 Å². The lowest BCUT2D eigenvalue weighted by Crippen LogP contribution is -2.41. The van der Waals surface area contributed by atoms with E-state index in [1.165, 1.54) is 12.8 Å². The van der Waals surface area contributed by atoms with Crippen LogP contribution in [0.25, 0.3) is 0 Å². The molecule has 0 spiro atoms. The van der Waals surface area contributed by atoms with E-state index in [0.29, 0.717) is 10.0 Å². The quantitative estimate of drug-likeness (QED) is 0.814. The van der Waals surface area contributed by atoms with Crippen molar-refractivity contribution in [2.45, 2.75) is 45.1 Å². The maximum absolute atomic E-state index is 6.56. The number of hydrogen-bond acceptors (Lipinski definition) is 1. The second-order valence-electron chi connectivity index (χ2n) is 5.87. The number of nitrogens with two attached hydrogens (primary N) is 1. The first-order valence-corrected chi connectivity index (χ1v) is 7.42. The predicted octanol–water partition coefficient (Wildman–Crippen LogP) is 4.99. The Morgan fingerprint density at radius 1 is 1.17 bits per heavy atom. The second kappa shape index (κ2) is 5.40. The third kappa shape index (κ3) is 2.84. The molecule has 1 nitrogen and oxygen atoms in total. The zero-order valence-electron chi connectivity index (χ0n) is 11.0. The minimum absolute atomic E-state index is 0.223. The zero-order valence-corrected chi connectivity index (χ0v) is 12.6. The van der Waals surface area contributed by atoms with Crippen molar-refractivity contribution in [1.29, 1.82) is 0 Å². The van der Waals surface area contributed by atoms with E-state index in [2.05, 4.69) is 13.8 Å². The number of halogens is 2. The van der Waals surface area contributed by atoms with Crippen LogP contribution < -0.4 is 5.73 Å². The highest BCUT2D eigenvalue weighted by molar-refractivity contribution is 6.42. The fraction of sp³-hybridized carbons (Fsp3) is 0.600. The summed E-state index contributed by atoms with van der Waals surface area (Å²) in [6, 6.07) is 5.80. The van der Waals surface area contributed by atoms with Gasteiger partial charge in [0.2, 0.25) is 0 Å². The summed E-state index contributed by atoms with van der Waals surface area (Å²) in [6.07, 6.45) is 4.48. The summed E-state index contributed by atoms with van der Waals surface area (Å²) in [5.41, 5.74) is 7.46. The number of benzene rings is 1. The SMILES string of the molecule is CC(C)C1CCC(N)(c2ccc(Cl)c(Cl)c2)CC1. The maximum Gasteiger partial charge on any atom is 0.0595 e. The summed E-state index contributed by atoms with van der Waals surface area (Å²) >= 11 is 12.0. The molecule has 0 amide bonds. The third-order valence-electron chi connectivity index (χ3n) is 4.36. The van der Waals surface area contributed by atoms with Gasteiger partial charge < -0.3 is 5.73 Å². The normalized spacial score (nSPS) is 28.7. The molecule has 0 radical (unpaired) electrons. The molecule has 0 aliphatic heterocycles. The molecule has 1 aromatic rings. The van der Waals surface area contributed by atoms with Gasteiger partial charge in [0, 0.05) is 5.54 Å². The summed E-state index contributed by atoms with van der Waals surface area (Å²) in [5.74, 6) is 1.56. The first-order valence-electron chi connectivity index (χ1n) is 6.67. The molecule has 0 aromatic heterocycles. The Bertz CT molecular complexity index is 421. The molecule has 1 aromatic carbocycles. The summed E-state index contributed by atoms with van der Waals surface area (Å²) in [6.45, 7) is 4.60. The van der Waals surface area contributed by atoms with Crippen LogP contribution in [0.1, 0.15) is 45.1 Å². The number of hydrogen-bond donors (Lipinski definition) is 1. The van der Waals surface area contributed by atoms with Crippen LogP contribution in [0.2, 0.25) is 10.0 Å². The molecule has 100 valence electrons. The van der Waals surface area contributed by atoms with E-state index in [1.807, 2.05) is 18.2 Å². The lowest BCUT2D eigenvalue weighted by atomic mass is 9.70. The van der Waals surface area contributed by atoms with Crippen molar-refractivity contribution in [2.24, 2.45) is 17.6 Å². The van der Waals surface area contributed by atoms with Crippen LogP contribution in [0.4, 0.5) is 0 Å². The minimum Gasteiger partial charge on any atom is -0.321 e. The minimum atomic E-state index is -0.223. The molecule has 18 heavy (non-hydrogen) atoms. The highest BCUT2D eigenvalue weighted by Crippen LogP contribution is 2.41. The molecule has 0 saturated heterocycles. The monoisotopic (exact) mass is 285 g/mol. The Morgan fingerprint density at radius 2 is 1.78 bits per heavy atom. The van der Waals surface area contributed by atoms with Gasteiger partial charge >= 0.3 is 0 Å². The average molecular weight is 286 g/mol. The molecule has 0 atom stereocenters. The Kier molecular flexibility index (Phi) is 4.25. The average Bonchev–Trinajstić information content (AvgIpc) is 2.33. The van der Waals surface area contributed by atoms with Gasteiger partial charge in [0.1, 0.15) is 0 Å². The van der Waals surface area contributed by atoms with Crippen LogP contribution in [0.3, 0.4) is 0 Å². The van der Waals surface area contributed by atoms with E-state index < -0.39 is 0 Å². The smallest absolute Gasteiger partial charge is 0.0595 e. The third-order valence-corrected chi connectivity index (χ3v) is 5.10. The van der Waals surface area contributed by atoms with Crippen molar-refractivity contribution in [3.63, 3.8) is 0 Å². The van der Waals surface area contributed by atoms with Crippen LogP contribution in [0, 0.1) is 11.8 Å². The molecule has 3 heteroatoms. The molecule has 2 N–H and O–H groups in total. The molecule has 1 aliphatic rings. The Labute approximate surface area is 120 Å². The molecule has 0 heterocycles. The lowest BCUT2D eigenvalue weighted by molar-refractivity contribution is 0.196.